The first-order valence-electron chi connectivity index (χ1n) is 8.18. The van der Waals surface area contributed by atoms with Gasteiger partial charge < -0.3 is 19.7 Å². The summed E-state index contributed by atoms with van der Waals surface area (Å²) < 4.78 is 4.72. The highest BCUT2D eigenvalue weighted by atomic mass is 16.5. The molecule has 0 unspecified atom stereocenters. The molecule has 0 amide bonds. The van der Waals surface area contributed by atoms with Gasteiger partial charge in [-0.3, -0.25) is 4.99 Å². The van der Waals surface area contributed by atoms with Crippen molar-refractivity contribution in [1.82, 2.24) is 9.88 Å². The lowest BCUT2D eigenvalue weighted by Crippen LogP contribution is -2.10. The van der Waals surface area contributed by atoms with E-state index in [-0.39, 0.29) is 5.88 Å². The first-order chi connectivity index (χ1) is 12.5. The fraction of sp³-hybridized carbons (Fsp3) is 0.200. The van der Waals surface area contributed by atoms with Gasteiger partial charge in [0.15, 0.2) is 5.88 Å². The van der Waals surface area contributed by atoms with Crippen LogP contribution in [-0.2, 0) is 11.3 Å². The maximum atomic E-state index is 11.6. The summed E-state index contributed by atoms with van der Waals surface area (Å²) in [4.78, 5) is 21.0. The van der Waals surface area contributed by atoms with E-state index in [1.54, 1.807) is 24.4 Å². The minimum Gasteiger partial charge on any atom is -0.494 e. The molecule has 1 aromatic heterocycles. The van der Waals surface area contributed by atoms with Crippen molar-refractivity contribution in [3.63, 3.8) is 0 Å². The maximum absolute atomic E-state index is 11.6. The number of aromatic hydroxyl groups is 1. The number of aromatic nitrogens is 1. The smallest absolute Gasteiger partial charge is 0.337 e. The molecule has 0 saturated carbocycles. The molecule has 0 bridgehead atoms. The minimum atomic E-state index is -0.422. The van der Waals surface area contributed by atoms with Gasteiger partial charge in [0, 0.05) is 23.7 Å². The summed E-state index contributed by atoms with van der Waals surface area (Å²) in [6.07, 6.45) is 1.62. The third kappa shape index (κ3) is 3.75. The summed E-state index contributed by atoms with van der Waals surface area (Å²) in [6.45, 7) is 0.871. The van der Waals surface area contributed by atoms with E-state index in [9.17, 15) is 9.90 Å². The summed E-state index contributed by atoms with van der Waals surface area (Å²) in [7, 11) is 5.38. The average molecular weight is 351 g/mol. The van der Waals surface area contributed by atoms with Gasteiger partial charge in [-0.15, -0.1) is 0 Å². The third-order valence-electron chi connectivity index (χ3n) is 4.02. The molecule has 0 spiro atoms. The lowest BCUT2D eigenvalue weighted by molar-refractivity contribution is 0.0601. The van der Waals surface area contributed by atoms with E-state index in [0.717, 1.165) is 17.6 Å². The van der Waals surface area contributed by atoms with Crippen molar-refractivity contribution >= 4 is 28.8 Å². The van der Waals surface area contributed by atoms with Crippen molar-refractivity contribution in [3.8, 4) is 5.88 Å². The van der Waals surface area contributed by atoms with Crippen LogP contribution >= 0.6 is 0 Å². The van der Waals surface area contributed by atoms with E-state index < -0.39 is 5.97 Å². The molecular weight excluding hydrogens is 330 g/mol. The number of hydrogen-bond acceptors (Lipinski definition) is 5. The molecule has 0 atom stereocenters. The lowest BCUT2D eigenvalue weighted by Gasteiger charge is -2.09. The molecule has 0 aliphatic carbocycles. The van der Waals surface area contributed by atoms with Crippen molar-refractivity contribution in [3.05, 3.63) is 59.2 Å². The summed E-state index contributed by atoms with van der Waals surface area (Å²) >= 11 is 0. The molecular formula is C20H21N3O3. The lowest BCUT2D eigenvalue weighted by atomic mass is 10.1. The molecule has 0 fully saturated rings. The van der Waals surface area contributed by atoms with E-state index in [1.165, 1.54) is 12.7 Å². The number of rotatable bonds is 5. The first-order valence-corrected chi connectivity index (χ1v) is 8.18. The number of nitrogens with one attached hydrogen (secondary N) is 1. The summed E-state index contributed by atoms with van der Waals surface area (Å²) in [5.41, 5.74) is 3.65. The Hall–Kier alpha value is -3.12. The second-order valence-corrected chi connectivity index (χ2v) is 6.30. The van der Waals surface area contributed by atoms with Crippen molar-refractivity contribution in [2.45, 2.75) is 6.54 Å². The molecule has 0 aliphatic rings. The van der Waals surface area contributed by atoms with E-state index in [4.69, 9.17) is 4.74 Å². The maximum Gasteiger partial charge on any atom is 0.337 e. The zero-order valence-corrected chi connectivity index (χ0v) is 15.0. The number of esters is 1. The van der Waals surface area contributed by atoms with Crippen molar-refractivity contribution in [2.75, 3.05) is 21.2 Å². The van der Waals surface area contributed by atoms with Gasteiger partial charge in [-0.2, -0.15) is 0 Å². The molecule has 0 saturated heterocycles. The van der Waals surface area contributed by atoms with Gasteiger partial charge in [0.2, 0.25) is 0 Å². The van der Waals surface area contributed by atoms with Crippen LogP contribution in [-0.4, -0.2) is 48.4 Å². The molecule has 3 aromatic rings. The van der Waals surface area contributed by atoms with Crippen LogP contribution < -0.4 is 0 Å². The number of aliphatic imine (C=N–C) groups is 1. The van der Waals surface area contributed by atoms with Gasteiger partial charge in [0.25, 0.3) is 0 Å². The van der Waals surface area contributed by atoms with Crippen LogP contribution in [0, 0.1) is 0 Å². The van der Waals surface area contributed by atoms with E-state index in [2.05, 4.69) is 14.9 Å². The first kappa shape index (κ1) is 17.7. The van der Waals surface area contributed by atoms with Gasteiger partial charge in [-0.1, -0.05) is 18.2 Å². The van der Waals surface area contributed by atoms with Crippen molar-refractivity contribution < 1.29 is 14.6 Å². The van der Waals surface area contributed by atoms with E-state index in [1.807, 2.05) is 38.4 Å². The molecule has 6 heteroatoms. The standard InChI is InChI=1S/C20H21N3O3/c1-23(2)12-13-4-7-15(8-5-13)21-11-17-16-9-6-14(20(25)26-3)10-18(16)22-19(17)24/h4-11,22,24H,12H2,1-3H3. The number of aromatic amines is 1. The highest BCUT2D eigenvalue weighted by Crippen LogP contribution is 2.27. The Morgan fingerprint density at radius 2 is 1.96 bits per heavy atom. The molecule has 134 valence electrons. The molecule has 2 N–H and O–H groups in total. The Morgan fingerprint density at radius 1 is 1.23 bits per heavy atom. The van der Waals surface area contributed by atoms with Crippen LogP contribution in [0.25, 0.3) is 10.9 Å². The Kier molecular flexibility index (Phi) is 5.04. The highest BCUT2D eigenvalue weighted by Gasteiger charge is 2.12. The Bertz CT molecular complexity index is 956. The summed E-state index contributed by atoms with van der Waals surface area (Å²) in [6, 6.07) is 13.0. The topological polar surface area (TPSA) is 77.9 Å². The molecule has 1 heterocycles. The SMILES string of the molecule is COC(=O)c1ccc2c(C=Nc3ccc(CN(C)C)cc3)c(O)[nH]c2c1. The van der Waals surface area contributed by atoms with Gasteiger partial charge >= 0.3 is 5.97 Å². The molecule has 3 rings (SSSR count). The number of carbonyl (C=O) groups excluding carboxylic acids is 1. The average Bonchev–Trinajstić information content (AvgIpc) is 2.94. The largest absolute Gasteiger partial charge is 0.494 e. The number of hydrogen-bond donors (Lipinski definition) is 2. The fourth-order valence-corrected chi connectivity index (χ4v) is 2.77. The van der Waals surface area contributed by atoms with Crippen LogP contribution in [0.2, 0.25) is 0 Å². The Labute approximate surface area is 151 Å². The predicted molar refractivity (Wildman–Crippen MR) is 102 cm³/mol. The zero-order valence-electron chi connectivity index (χ0n) is 15.0. The number of nitrogens with zero attached hydrogens (tertiary/aromatic N) is 2. The minimum absolute atomic E-state index is 0.00925. The molecule has 2 aromatic carbocycles. The molecule has 26 heavy (non-hydrogen) atoms. The second kappa shape index (κ2) is 7.41. The van der Waals surface area contributed by atoms with Crippen LogP contribution in [0.15, 0.2) is 47.5 Å². The van der Waals surface area contributed by atoms with Gasteiger partial charge in [-0.25, -0.2) is 4.79 Å². The summed E-state index contributed by atoms with van der Waals surface area (Å²) in [5, 5.41) is 11.0. The predicted octanol–water partition coefficient (Wildman–Crippen LogP) is 3.47. The van der Waals surface area contributed by atoms with Crippen LogP contribution in [0.4, 0.5) is 5.69 Å². The molecule has 6 nitrogen and oxygen atoms in total. The molecule has 0 radical (unpaired) electrons. The quantitative estimate of drug-likeness (QED) is 0.545. The number of benzene rings is 2. The number of fused-ring (bicyclic) bond motifs is 1. The van der Waals surface area contributed by atoms with E-state index >= 15 is 0 Å². The Morgan fingerprint density at radius 3 is 2.62 bits per heavy atom. The van der Waals surface area contributed by atoms with Crippen molar-refractivity contribution in [2.24, 2.45) is 4.99 Å². The zero-order chi connectivity index (χ0) is 18.7. The van der Waals surface area contributed by atoms with Crippen LogP contribution in [0.5, 0.6) is 5.88 Å². The second-order valence-electron chi connectivity index (χ2n) is 6.30. The summed E-state index contributed by atoms with van der Waals surface area (Å²) in [5.74, 6) is -0.413. The van der Waals surface area contributed by atoms with Crippen LogP contribution in [0.1, 0.15) is 21.5 Å². The molecule has 0 aliphatic heterocycles. The van der Waals surface area contributed by atoms with Gasteiger partial charge in [-0.05, 0) is 43.9 Å². The fourth-order valence-electron chi connectivity index (χ4n) is 2.77. The van der Waals surface area contributed by atoms with Gasteiger partial charge in [0.1, 0.15) is 0 Å². The highest BCUT2D eigenvalue weighted by molar-refractivity contribution is 6.04. The van der Waals surface area contributed by atoms with Crippen LogP contribution in [0.3, 0.4) is 0 Å². The third-order valence-corrected chi connectivity index (χ3v) is 4.02. The Balaban J connectivity index is 1.87. The monoisotopic (exact) mass is 351 g/mol. The number of methoxy groups -OCH3 is 1. The number of carbonyl (C=O) groups is 1. The normalized spacial score (nSPS) is 11.5. The number of H-pyrrole nitrogens is 1. The van der Waals surface area contributed by atoms with Crippen molar-refractivity contribution in [1.29, 1.82) is 0 Å². The van der Waals surface area contributed by atoms with Gasteiger partial charge in [0.05, 0.1) is 23.9 Å². The number of ether oxygens (including phenoxy) is 1. The van der Waals surface area contributed by atoms with E-state index in [0.29, 0.717) is 16.6 Å².